The van der Waals surface area contributed by atoms with Crippen LogP contribution in [0.5, 0.6) is 0 Å². The van der Waals surface area contributed by atoms with Crippen molar-refractivity contribution in [2.24, 2.45) is 5.92 Å². The molecule has 19 heavy (non-hydrogen) atoms. The van der Waals surface area contributed by atoms with Crippen molar-refractivity contribution in [2.75, 3.05) is 13.1 Å². The van der Waals surface area contributed by atoms with Crippen LogP contribution in [0.4, 0.5) is 0 Å². The van der Waals surface area contributed by atoms with Gasteiger partial charge in [-0.3, -0.25) is 4.79 Å². The molecule has 2 aliphatic rings. The zero-order chi connectivity index (χ0) is 13.2. The maximum atomic E-state index is 12.4. The van der Waals surface area contributed by atoms with Crippen LogP contribution in [0.2, 0.25) is 0 Å². The fraction of sp³-hybridized carbons (Fsp3) is 0.667. The summed E-state index contributed by atoms with van der Waals surface area (Å²) < 4.78 is 0. The zero-order valence-corrected chi connectivity index (χ0v) is 12.3. The van der Waals surface area contributed by atoms with E-state index >= 15 is 0 Å². The van der Waals surface area contributed by atoms with Gasteiger partial charge >= 0.3 is 0 Å². The second-order valence-corrected chi connectivity index (χ2v) is 6.88. The first-order valence-electron chi connectivity index (χ1n) is 7.35. The van der Waals surface area contributed by atoms with Crippen molar-refractivity contribution in [3.63, 3.8) is 0 Å². The first kappa shape index (κ1) is 13.1. The first-order chi connectivity index (χ1) is 9.24. The van der Waals surface area contributed by atoms with E-state index in [4.69, 9.17) is 0 Å². The van der Waals surface area contributed by atoms with E-state index in [-0.39, 0.29) is 5.91 Å². The van der Waals surface area contributed by atoms with Gasteiger partial charge in [-0.25, -0.2) is 0 Å². The van der Waals surface area contributed by atoms with Crippen LogP contribution in [0.1, 0.15) is 47.0 Å². The minimum absolute atomic E-state index is 0.140. The molecular formula is C15H22N2OS. The molecule has 2 N–H and O–H groups in total. The van der Waals surface area contributed by atoms with Gasteiger partial charge in [0.1, 0.15) is 0 Å². The molecule has 1 aromatic rings. The molecule has 4 heteroatoms. The standard InChI is InChI=1S/C15H22N2OS/c1-10-4-5-12-13(9-19-14(12)7-10)15(18)17-11-3-2-6-16-8-11/h9-11,16H,2-8H2,1H3,(H,17,18). The Labute approximate surface area is 118 Å². The van der Waals surface area contributed by atoms with E-state index in [1.807, 2.05) is 0 Å². The van der Waals surface area contributed by atoms with Crippen molar-refractivity contribution in [1.29, 1.82) is 0 Å². The lowest BCUT2D eigenvalue weighted by atomic mass is 9.88. The third kappa shape index (κ3) is 2.84. The number of hydrogen-bond acceptors (Lipinski definition) is 3. The minimum atomic E-state index is 0.140. The van der Waals surface area contributed by atoms with Crippen LogP contribution in [0.25, 0.3) is 0 Å². The van der Waals surface area contributed by atoms with Crippen LogP contribution < -0.4 is 10.6 Å². The van der Waals surface area contributed by atoms with Crippen molar-refractivity contribution >= 4 is 17.2 Å². The van der Waals surface area contributed by atoms with Crippen molar-refractivity contribution in [2.45, 2.75) is 45.1 Å². The number of rotatable bonds is 2. The van der Waals surface area contributed by atoms with Crippen LogP contribution >= 0.6 is 11.3 Å². The van der Waals surface area contributed by atoms with Crippen LogP contribution in [-0.4, -0.2) is 25.0 Å². The van der Waals surface area contributed by atoms with Gasteiger partial charge in [0.25, 0.3) is 5.91 Å². The Kier molecular flexibility index (Phi) is 3.89. The van der Waals surface area contributed by atoms with Gasteiger partial charge in [-0.05, 0) is 50.1 Å². The van der Waals surface area contributed by atoms with E-state index in [1.165, 1.54) is 16.9 Å². The minimum Gasteiger partial charge on any atom is -0.348 e. The Hall–Kier alpha value is -0.870. The summed E-state index contributed by atoms with van der Waals surface area (Å²) in [6.45, 7) is 4.29. The van der Waals surface area contributed by atoms with E-state index in [9.17, 15) is 4.79 Å². The molecule has 1 amide bonds. The highest BCUT2D eigenvalue weighted by Crippen LogP contribution is 2.32. The smallest absolute Gasteiger partial charge is 0.252 e. The molecule has 0 radical (unpaired) electrons. The summed E-state index contributed by atoms with van der Waals surface area (Å²) in [6, 6.07) is 0.305. The van der Waals surface area contributed by atoms with E-state index in [1.54, 1.807) is 11.3 Å². The molecule has 3 nitrogen and oxygen atoms in total. The summed E-state index contributed by atoms with van der Waals surface area (Å²) in [5.74, 6) is 0.908. The first-order valence-corrected chi connectivity index (χ1v) is 8.23. The van der Waals surface area contributed by atoms with Crippen molar-refractivity contribution in [3.8, 4) is 0 Å². The molecule has 3 rings (SSSR count). The molecule has 1 saturated heterocycles. The molecule has 2 unspecified atom stereocenters. The fourth-order valence-corrected chi connectivity index (χ4v) is 4.35. The SMILES string of the molecule is CC1CCc2c(C(=O)NC3CCCNC3)csc2C1. The quantitative estimate of drug-likeness (QED) is 0.872. The van der Waals surface area contributed by atoms with Crippen molar-refractivity contribution in [3.05, 3.63) is 21.4 Å². The molecule has 2 atom stereocenters. The number of carbonyl (C=O) groups is 1. The lowest BCUT2D eigenvalue weighted by Crippen LogP contribution is -2.45. The van der Waals surface area contributed by atoms with E-state index in [0.29, 0.717) is 6.04 Å². The highest BCUT2D eigenvalue weighted by molar-refractivity contribution is 7.10. The molecule has 0 bridgehead atoms. The second-order valence-electron chi connectivity index (χ2n) is 5.92. The molecule has 1 aromatic heterocycles. The van der Waals surface area contributed by atoms with Crippen molar-refractivity contribution < 1.29 is 4.79 Å². The van der Waals surface area contributed by atoms with Crippen LogP contribution in [0, 0.1) is 5.92 Å². The Bertz CT molecular complexity index is 463. The summed E-state index contributed by atoms with van der Waals surface area (Å²) in [4.78, 5) is 13.8. The van der Waals surface area contributed by atoms with Crippen molar-refractivity contribution in [1.82, 2.24) is 10.6 Å². The maximum absolute atomic E-state index is 12.4. The zero-order valence-electron chi connectivity index (χ0n) is 11.5. The van der Waals surface area contributed by atoms with Gasteiger partial charge in [-0.15, -0.1) is 11.3 Å². The average molecular weight is 278 g/mol. The molecule has 104 valence electrons. The van der Waals surface area contributed by atoms with E-state index < -0.39 is 0 Å². The summed E-state index contributed by atoms with van der Waals surface area (Å²) in [5.41, 5.74) is 2.27. The van der Waals surface area contributed by atoms with Gasteiger partial charge in [-0.1, -0.05) is 6.92 Å². The van der Waals surface area contributed by atoms with Crippen LogP contribution in [0.15, 0.2) is 5.38 Å². The predicted molar refractivity (Wildman–Crippen MR) is 78.9 cm³/mol. The van der Waals surface area contributed by atoms with E-state index in [0.717, 1.165) is 50.3 Å². The lowest BCUT2D eigenvalue weighted by molar-refractivity contribution is 0.0930. The highest BCUT2D eigenvalue weighted by Gasteiger charge is 2.24. The summed E-state index contributed by atoms with van der Waals surface area (Å²) >= 11 is 1.77. The maximum Gasteiger partial charge on any atom is 0.252 e. The van der Waals surface area contributed by atoms with Gasteiger partial charge in [0.15, 0.2) is 0 Å². The second kappa shape index (κ2) is 5.63. The van der Waals surface area contributed by atoms with Crippen LogP contribution in [-0.2, 0) is 12.8 Å². The Morgan fingerprint density at radius 2 is 2.37 bits per heavy atom. The Balaban J connectivity index is 1.70. The number of thiophene rings is 1. The number of amides is 1. The number of hydrogen-bond donors (Lipinski definition) is 2. The molecule has 1 fully saturated rings. The molecule has 0 spiro atoms. The molecule has 0 saturated carbocycles. The fourth-order valence-electron chi connectivity index (χ4n) is 3.11. The van der Waals surface area contributed by atoms with E-state index in [2.05, 4.69) is 22.9 Å². The van der Waals surface area contributed by atoms with Gasteiger partial charge in [0.2, 0.25) is 0 Å². The van der Waals surface area contributed by atoms with Gasteiger partial charge in [-0.2, -0.15) is 0 Å². The molecular weight excluding hydrogens is 256 g/mol. The lowest BCUT2D eigenvalue weighted by Gasteiger charge is -2.24. The number of carbonyl (C=O) groups excluding carboxylic acids is 1. The molecule has 2 heterocycles. The summed E-state index contributed by atoms with van der Waals surface area (Å²) in [7, 11) is 0. The summed E-state index contributed by atoms with van der Waals surface area (Å²) in [6.07, 6.45) is 5.70. The van der Waals surface area contributed by atoms with Gasteiger partial charge in [0, 0.05) is 22.8 Å². The normalized spacial score (nSPS) is 26.8. The molecule has 0 aromatic carbocycles. The number of fused-ring (bicyclic) bond motifs is 1. The monoisotopic (exact) mass is 278 g/mol. The average Bonchev–Trinajstić information content (AvgIpc) is 2.82. The third-order valence-corrected chi connectivity index (χ3v) is 5.33. The molecule has 1 aliphatic heterocycles. The third-order valence-electron chi connectivity index (χ3n) is 4.28. The molecule has 1 aliphatic carbocycles. The topological polar surface area (TPSA) is 41.1 Å². The Morgan fingerprint density at radius 1 is 1.47 bits per heavy atom. The largest absolute Gasteiger partial charge is 0.348 e. The number of piperidine rings is 1. The van der Waals surface area contributed by atoms with Gasteiger partial charge < -0.3 is 10.6 Å². The van der Waals surface area contributed by atoms with Crippen LogP contribution in [0.3, 0.4) is 0 Å². The highest BCUT2D eigenvalue weighted by atomic mass is 32.1. The predicted octanol–water partition coefficient (Wildman–Crippen LogP) is 2.35. The Morgan fingerprint density at radius 3 is 3.16 bits per heavy atom. The summed E-state index contributed by atoms with van der Waals surface area (Å²) in [5, 5.41) is 8.59. The van der Waals surface area contributed by atoms with Gasteiger partial charge in [0.05, 0.1) is 5.56 Å². The number of nitrogens with one attached hydrogen (secondary N) is 2.